The lowest BCUT2D eigenvalue weighted by Gasteiger charge is -2.24. The van der Waals surface area contributed by atoms with Crippen LogP contribution in [0.25, 0.3) is 0 Å². The van der Waals surface area contributed by atoms with Gasteiger partial charge in [-0.15, -0.1) is 0 Å². The van der Waals surface area contributed by atoms with E-state index in [4.69, 9.17) is 16.3 Å². The van der Waals surface area contributed by atoms with Crippen molar-refractivity contribution in [1.29, 1.82) is 0 Å². The molecule has 0 radical (unpaired) electrons. The van der Waals surface area contributed by atoms with E-state index in [1.807, 2.05) is 0 Å². The summed E-state index contributed by atoms with van der Waals surface area (Å²) < 4.78 is 30.3. The Bertz CT molecular complexity index is 669. The van der Waals surface area contributed by atoms with E-state index in [1.165, 1.54) is 17.5 Å². The summed E-state index contributed by atoms with van der Waals surface area (Å²) >= 11 is 6.05. The van der Waals surface area contributed by atoms with E-state index in [0.29, 0.717) is 16.5 Å². The summed E-state index contributed by atoms with van der Waals surface area (Å²) in [7, 11) is -2.02. The molecule has 0 heterocycles. The van der Waals surface area contributed by atoms with E-state index in [2.05, 4.69) is 5.32 Å². The van der Waals surface area contributed by atoms with Crippen molar-refractivity contribution in [3.8, 4) is 5.75 Å². The minimum atomic E-state index is -3.51. The Morgan fingerprint density at radius 2 is 1.96 bits per heavy atom. The molecule has 0 aromatic heterocycles. The highest BCUT2D eigenvalue weighted by molar-refractivity contribution is 7.92. The molecule has 8 heteroatoms. The predicted molar refractivity (Wildman–Crippen MR) is 92.7 cm³/mol. The van der Waals surface area contributed by atoms with E-state index >= 15 is 0 Å². The Labute approximate surface area is 142 Å². The second kappa shape index (κ2) is 7.40. The largest absolute Gasteiger partial charge is 0.495 e. The van der Waals surface area contributed by atoms with E-state index in [9.17, 15) is 13.2 Å². The van der Waals surface area contributed by atoms with Crippen molar-refractivity contribution in [3.05, 3.63) is 23.2 Å². The highest BCUT2D eigenvalue weighted by Gasteiger charge is 2.22. The zero-order chi connectivity index (χ0) is 17.8. The van der Waals surface area contributed by atoms with Crippen LogP contribution in [-0.2, 0) is 14.8 Å². The standard InChI is InChI=1S/C15H23ClN2O4S/c1-15(2,3)14(19)17-8-9-18(23(5,20)21)11-6-7-13(22-4)12(16)10-11/h6-7,10H,8-9H2,1-5H3,(H,17,19). The second-order valence-electron chi connectivity index (χ2n) is 6.16. The number of ether oxygens (including phenoxy) is 1. The maximum absolute atomic E-state index is 12.0. The molecule has 0 saturated carbocycles. The van der Waals surface area contributed by atoms with Gasteiger partial charge in [0.2, 0.25) is 15.9 Å². The van der Waals surface area contributed by atoms with Crippen LogP contribution in [0.1, 0.15) is 20.8 Å². The van der Waals surface area contributed by atoms with Crippen LogP contribution in [0.5, 0.6) is 5.75 Å². The molecule has 1 N–H and O–H groups in total. The van der Waals surface area contributed by atoms with Crippen molar-refractivity contribution < 1.29 is 17.9 Å². The SMILES string of the molecule is COc1ccc(N(CCNC(=O)C(C)(C)C)S(C)(=O)=O)cc1Cl. The fourth-order valence-corrected chi connectivity index (χ4v) is 3.00. The number of carbonyl (C=O) groups is 1. The molecule has 0 atom stereocenters. The molecule has 0 aliphatic carbocycles. The van der Waals surface area contributed by atoms with Gasteiger partial charge in [0.25, 0.3) is 0 Å². The smallest absolute Gasteiger partial charge is 0.232 e. The highest BCUT2D eigenvalue weighted by Crippen LogP contribution is 2.30. The number of benzene rings is 1. The Hall–Kier alpha value is -1.47. The first-order valence-electron chi connectivity index (χ1n) is 7.06. The number of nitrogens with one attached hydrogen (secondary N) is 1. The van der Waals surface area contributed by atoms with Crippen molar-refractivity contribution in [1.82, 2.24) is 5.32 Å². The van der Waals surface area contributed by atoms with Gasteiger partial charge in [-0.25, -0.2) is 8.42 Å². The summed E-state index contributed by atoms with van der Waals surface area (Å²) in [4.78, 5) is 11.9. The lowest BCUT2D eigenvalue weighted by Crippen LogP contribution is -2.41. The third-order valence-corrected chi connectivity index (χ3v) is 4.59. The minimum Gasteiger partial charge on any atom is -0.495 e. The van der Waals surface area contributed by atoms with Gasteiger partial charge in [-0.05, 0) is 18.2 Å². The third kappa shape index (κ3) is 5.58. The van der Waals surface area contributed by atoms with Crippen molar-refractivity contribution in [2.75, 3.05) is 30.8 Å². The predicted octanol–water partition coefficient (Wildman–Crippen LogP) is 2.28. The van der Waals surface area contributed by atoms with Gasteiger partial charge >= 0.3 is 0 Å². The average molecular weight is 363 g/mol. The number of methoxy groups -OCH3 is 1. The van der Waals surface area contributed by atoms with E-state index in [1.54, 1.807) is 32.9 Å². The van der Waals surface area contributed by atoms with Crippen molar-refractivity contribution in [2.45, 2.75) is 20.8 Å². The number of amides is 1. The van der Waals surface area contributed by atoms with Crippen molar-refractivity contribution >= 4 is 33.2 Å². The molecule has 1 rings (SSSR count). The lowest BCUT2D eigenvalue weighted by molar-refractivity contribution is -0.128. The monoisotopic (exact) mass is 362 g/mol. The van der Waals surface area contributed by atoms with Crippen LogP contribution >= 0.6 is 11.6 Å². The second-order valence-corrected chi connectivity index (χ2v) is 8.47. The van der Waals surface area contributed by atoms with Gasteiger partial charge in [0.1, 0.15) is 5.75 Å². The van der Waals surface area contributed by atoms with Crippen LogP contribution in [0.2, 0.25) is 5.02 Å². The molecule has 0 aliphatic heterocycles. The summed E-state index contributed by atoms with van der Waals surface area (Å²) in [6, 6.07) is 4.73. The molecule has 130 valence electrons. The summed E-state index contributed by atoms with van der Waals surface area (Å²) in [6.07, 6.45) is 1.11. The highest BCUT2D eigenvalue weighted by atomic mass is 35.5. The summed E-state index contributed by atoms with van der Waals surface area (Å²) in [5.74, 6) is 0.323. The molecule has 0 spiro atoms. The van der Waals surface area contributed by atoms with Crippen LogP contribution in [0.4, 0.5) is 5.69 Å². The average Bonchev–Trinajstić information content (AvgIpc) is 2.40. The number of hydrogen-bond acceptors (Lipinski definition) is 4. The van der Waals surface area contributed by atoms with Crippen molar-refractivity contribution in [3.63, 3.8) is 0 Å². The zero-order valence-corrected chi connectivity index (χ0v) is 15.6. The number of anilines is 1. The van der Waals surface area contributed by atoms with Crippen LogP contribution in [-0.4, -0.2) is 40.8 Å². The first-order valence-corrected chi connectivity index (χ1v) is 9.29. The molecular formula is C15H23ClN2O4S. The molecule has 0 fully saturated rings. The van der Waals surface area contributed by atoms with Crippen LogP contribution in [0.3, 0.4) is 0 Å². The summed E-state index contributed by atoms with van der Waals surface area (Å²) in [6.45, 7) is 5.69. The van der Waals surface area contributed by atoms with Crippen LogP contribution < -0.4 is 14.4 Å². The molecule has 0 unspecified atom stereocenters. The van der Waals surface area contributed by atoms with Gasteiger partial charge in [0.15, 0.2) is 0 Å². The number of sulfonamides is 1. The Kier molecular flexibility index (Phi) is 6.30. The molecule has 6 nitrogen and oxygen atoms in total. The van der Waals surface area contributed by atoms with Gasteiger partial charge in [0.05, 0.1) is 30.6 Å². The fourth-order valence-electron chi connectivity index (χ4n) is 1.83. The Balaban J connectivity index is 2.91. The molecule has 1 amide bonds. The van der Waals surface area contributed by atoms with Gasteiger partial charge in [-0.3, -0.25) is 9.10 Å². The van der Waals surface area contributed by atoms with E-state index < -0.39 is 15.4 Å². The van der Waals surface area contributed by atoms with Crippen LogP contribution in [0, 0.1) is 5.41 Å². The van der Waals surface area contributed by atoms with Crippen molar-refractivity contribution in [2.24, 2.45) is 5.41 Å². The van der Waals surface area contributed by atoms with Gasteiger partial charge in [-0.2, -0.15) is 0 Å². The molecule has 1 aromatic rings. The zero-order valence-electron chi connectivity index (χ0n) is 14.0. The first kappa shape index (κ1) is 19.6. The molecule has 0 saturated heterocycles. The quantitative estimate of drug-likeness (QED) is 0.842. The molecule has 23 heavy (non-hydrogen) atoms. The Morgan fingerprint density at radius 1 is 1.35 bits per heavy atom. The third-order valence-electron chi connectivity index (χ3n) is 3.11. The number of rotatable bonds is 6. The summed E-state index contributed by atoms with van der Waals surface area (Å²) in [5.41, 5.74) is -0.109. The minimum absolute atomic E-state index is 0.114. The molecule has 1 aromatic carbocycles. The molecular weight excluding hydrogens is 340 g/mol. The fraction of sp³-hybridized carbons (Fsp3) is 0.533. The van der Waals surface area contributed by atoms with E-state index in [0.717, 1.165) is 6.26 Å². The number of hydrogen-bond donors (Lipinski definition) is 1. The number of nitrogens with zero attached hydrogens (tertiary/aromatic N) is 1. The maximum atomic E-state index is 12.0. The molecule has 0 aliphatic rings. The summed E-state index contributed by atoms with van der Waals surface area (Å²) in [5, 5.41) is 3.05. The number of carbonyl (C=O) groups excluding carboxylic acids is 1. The lowest BCUT2D eigenvalue weighted by atomic mass is 9.96. The number of halogens is 1. The maximum Gasteiger partial charge on any atom is 0.232 e. The topological polar surface area (TPSA) is 75.7 Å². The van der Waals surface area contributed by atoms with Gasteiger partial charge in [-0.1, -0.05) is 32.4 Å². The Morgan fingerprint density at radius 3 is 2.39 bits per heavy atom. The molecule has 0 bridgehead atoms. The van der Waals surface area contributed by atoms with Crippen LogP contribution in [0.15, 0.2) is 18.2 Å². The first-order chi connectivity index (χ1) is 10.5. The van der Waals surface area contributed by atoms with E-state index in [-0.39, 0.29) is 19.0 Å². The normalized spacial score (nSPS) is 11.9. The van der Waals surface area contributed by atoms with Gasteiger partial charge in [0, 0.05) is 12.0 Å². The van der Waals surface area contributed by atoms with Gasteiger partial charge < -0.3 is 10.1 Å².